The van der Waals surface area contributed by atoms with Gasteiger partial charge in [0.2, 0.25) is 5.91 Å². The van der Waals surface area contributed by atoms with E-state index >= 15 is 0 Å². The molecule has 0 radical (unpaired) electrons. The van der Waals surface area contributed by atoms with Crippen molar-refractivity contribution in [2.75, 3.05) is 33.4 Å². The Bertz CT molecular complexity index is 203. The molecule has 0 spiro atoms. The Hall–Kier alpha value is -0.650. The van der Waals surface area contributed by atoms with Crippen LogP contribution in [0, 0.1) is 0 Å². The summed E-state index contributed by atoms with van der Waals surface area (Å²) in [4.78, 5) is 11.4. The van der Waals surface area contributed by atoms with Crippen molar-refractivity contribution in [2.24, 2.45) is 5.73 Å². The van der Waals surface area contributed by atoms with E-state index in [4.69, 9.17) is 15.2 Å². The minimum atomic E-state index is -0.321. The van der Waals surface area contributed by atoms with Crippen molar-refractivity contribution >= 4 is 5.91 Å². The van der Waals surface area contributed by atoms with Gasteiger partial charge in [-0.25, -0.2) is 0 Å². The van der Waals surface area contributed by atoms with E-state index in [0.29, 0.717) is 32.7 Å². The molecule has 1 amide bonds. The van der Waals surface area contributed by atoms with E-state index in [-0.39, 0.29) is 11.5 Å². The lowest BCUT2D eigenvalue weighted by molar-refractivity contribution is -0.122. The summed E-state index contributed by atoms with van der Waals surface area (Å²) in [5.74, 6) is 0.0313. The molecular formula is C10H20N2O3. The minimum Gasteiger partial charge on any atom is -0.378 e. The fourth-order valence-corrected chi connectivity index (χ4v) is 1.57. The molecule has 0 aromatic heterocycles. The molecule has 0 aromatic carbocycles. The Morgan fingerprint density at radius 3 is 3.00 bits per heavy atom. The van der Waals surface area contributed by atoms with Crippen LogP contribution in [0.4, 0.5) is 0 Å². The molecule has 1 unspecified atom stereocenters. The summed E-state index contributed by atoms with van der Waals surface area (Å²) in [5.41, 5.74) is 5.00. The fraction of sp³-hybridized carbons (Fsp3) is 0.900. The van der Waals surface area contributed by atoms with Crippen LogP contribution in [-0.4, -0.2) is 44.9 Å². The Labute approximate surface area is 90.3 Å². The van der Waals surface area contributed by atoms with Gasteiger partial charge in [-0.1, -0.05) is 0 Å². The van der Waals surface area contributed by atoms with Crippen molar-refractivity contribution in [3.63, 3.8) is 0 Å². The molecular weight excluding hydrogens is 196 g/mol. The van der Waals surface area contributed by atoms with E-state index in [2.05, 4.69) is 5.32 Å². The molecule has 1 aliphatic heterocycles. The first-order valence-electron chi connectivity index (χ1n) is 5.32. The minimum absolute atomic E-state index is 0.0313. The zero-order chi connectivity index (χ0) is 11.1. The standard InChI is InChI=1S/C10H20N2O3/c1-14-10(4-6-15-8-10)7-12-9(13)3-2-5-11/h2-8,11H2,1H3,(H,12,13). The summed E-state index contributed by atoms with van der Waals surface area (Å²) >= 11 is 0. The fourth-order valence-electron chi connectivity index (χ4n) is 1.57. The monoisotopic (exact) mass is 216 g/mol. The van der Waals surface area contributed by atoms with Crippen LogP contribution >= 0.6 is 0 Å². The Kier molecular flexibility index (Phi) is 5.01. The first-order chi connectivity index (χ1) is 7.22. The molecule has 0 saturated carbocycles. The molecule has 5 heteroatoms. The van der Waals surface area contributed by atoms with Gasteiger partial charge in [0, 0.05) is 33.1 Å². The highest BCUT2D eigenvalue weighted by Crippen LogP contribution is 2.21. The van der Waals surface area contributed by atoms with Crippen molar-refractivity contribution in [2.45, 2.75) is 24.9 Å². The molecule has 1 saturated heterocycles. The van der Waals surface area contributed by atoms with Gasteiger partial charge in [-0.2, -0.15) is 0 Å². The zero-order valence-corrected chi connectivity index (χ0v) is 9.25. The van der Waals surface area contributed by atoms with E-state index in [1.54, 1.807) is 7.11 Å². The highest BCUT2D eigenvalue weighted by Gasteiger charge is 2.35. The molecule has 0 aromatic rings. The molecule has 0 aliphatic carbocycles. The van der Waals surface area contributed by atoms with Gasteiger partial charge in [0.1, 0.15) is 5.60 Å². The quantitative estimate of drug-likeness (QED) is 0.636. The number of rotatable bonds is 6. The Morgan fingerprint density at radius 2 is 2.47 bits per heavy atom. The molecule has 1 heterocycles. The van der Waals surface area contributed by atoms with E-state index in [1.165, 1.54) is 0 Å². The normalized spacial score (nSPS) is 25.5. The second-order valence-electron chi connectivity index (χ2n) is 3.86. The topological polar surface area (TPSA) is 73.6 Å². The summed E-state index contributed by atoms with van der Waals surface area (Å²) in [6.07, 6.45) is 2.04. The van der Waals surface area contributed by atoms with Crippen LogP contribution in [-0.2, 0) is 14.3 Å². The SMILES string of the molecule is COC1(CNC(=O)CCCN)CCOC1. The third-order valence-corrected chi connectivity index (χ3v) is 2.72. The second-order valence-corrected chi connectivity index (χ2v) is 3.86. The number of carbonyl (C=O) groups is 1. The summed E-state index contributed by atoms with van der Waals surface area (Å²) in [6, 6.07) is 0. The maximum absolute atomic E-state index is 11.4. The van der Waals surface area contributed by atoms with Gasteiger partial charge in [-0.3, -0.25) is 4.79 Å². The van der Waals surface area contributed by atoms with Crippen molar-refractivity contribution in [1.29, 1.82) is 0 Å². The van der Waals surface area contributed by atoms with E-state index in [1.807, 2.05) is 0 Å². The number of amides is 1. The van der Waals surface area contributed by atoms with E-state index in [9.17, 15) is 4.79 Å². The first-order valence-corrected chi connectivity index (χ1v) is 5.32. The van der Waals surface area contributed by atoms with Crippen LogP contribution in [0.15, 0.2) is 0 Å². The van der Waals surface area contributed by atoms with Crippen molar-refractivity contribution < 1.29 is 14.3 Å². The Morgan fingerprint density at radius 1 is 1.67 bits per heavy atom. The molecule has 3 N–H and O–H groups in total. The smallest absolute Gasteiger partial charge is 0.220 e. The zero-order valence-electron chi connectivity index (χ0n) is 9.25. The van der Waals surface area contributed by atoms with Crippen molar-refractivity contribution in [3.05, 3.63) is 0 Å². The van der Waals surface area contributed by atoms with Crippen LogP contribution in [0.3, 0.4) is 0 Å². The number of nitrogens with one attached hydrogen (secondary N) is 1. The first kappa shape index (κ1) is 12.4. The molecule has 0 bridgehead atoms. The van der Waals surface area contributed by atoms with Gasteiger partial charge in [0.15, 0.2) is 0 Å². The lowest BCUT2D eigenvalue weighted by Gasteiger charge is -2.25. The third-order valence-electron chi connectivity index (χ3n) is 2.72. The molecule has 88 valence electrons. The molecule has 1 rings (SSSR count). The van der Waals surface area contributed by atoms with Gasteiger partial charge in [0.05, 0.1) is 6.61 Å². The van der Waals surface area contributed by atoms with Gasteiger partial charge in [0.25, 0.3) is 0 Å². The van der Waals surface area contributed by atoms with Crippen LogP contribution in [0.25, 0.3) is 0 Å². The number of carbonyl (C=O) groups excluding carboxylic acids is 1. The molecule has 5 nitrogen and oxygen atoms in total. The average Bonchev–Trinajstić information content (AvgIpc) is 2.73. The average molecular weight is 216 g/mol. The van der Waals surface area contributed by atoms with Gasteiger partial charge in [-0.15, -0.1) is 0 Å². The van der Waals surface area contributed by atoms with Crippen LogP contribution in [0.2, 0.25) is 0 Å². The van der Waals surface area contributed by atoms with Gasteiger partial charge >= 0.3 is 0 Å². The summed E-state index contributed by atoms with van der Waals surface area (Å²) in [6.45, 7) is 2.33. The molecule has 15 heavy (non-hydrogen) atoms. The maximum Gasteiger partial charge on any atom is 0.220 e. The largest absolute Gasteiger partial charge is 0.378 e. The maximum atomic E-state index is 11.4. The number of ether oxygens (including phenoxy) is 2. The predicted octanol–water partition coefficient (Wildman–Crippen LogP) is -0.353. The molecule has 1 aliphatic rings. The second kappa shape index (κ2) is 6.05. The number of methoxy groups -OCH3 is 1. The van der Waals surface area contributed by atoms with E-state index < -0.39 is 0 Å². The van der Waals surface area contributed by atoms with E-state index in [0.717, 1.165) is 12.8 Å². The van der Waals surface area contributed by atoms with Crippen LogP contribution < -0.4 is 11.1 Å². The van der Waals surface area contributed by atoms with Crippen LogP contribution in [0.1, 0.15) is 19.3 Å². The predicted molar refractivity (Wildman–Crippen MR) is 56.5 cm³/mol. The Balaban J connectivity index is 2.25. The molecule has 1 fully saturated rings. The van der Waals surface area contributed by atoms with Gasteiger partial charge in [-0.05, 0) is 13.0 Å². The number of hydrogen-bond acceptors (Lipinski definition) is 4. The lowest BCUT2D eigenvalue weighted by atomic mass is 10.0. The summed E-state index contributed by atoms with van der Waals surface area (Å²) in [7, 11) is 1.65. The van der Waals surface area contributed by atoms with Crippen molar-refractivity contribution in [3.8, 4) is 0 Å². The number of hydrogen-bond donors (Lipinski definition) is 2. The van der Waals surface area contributed by atoms with Crippen LogP contribution in [0.5, 0.6) is 0 Å². The summed E-state index contributed by atoms with van der Waals surface area (Å²) < 4.78 is 10.7. The molecule has 1 atom stereocenters. The van der Waals surface area contributed by atoms with Crippen molar-refractivity contribution in [1.82, 2.24) is 5.32 Å². The lowest BCUT2D eigenvalue weighted by Crippen LogP contribution is -2.45. The highest BCUT2D eigenvalue weighted by molar-refractivity contribution is 5.75. The third kappa shape index (κ3) is 3.77. The number of nitrogens with two attached hydrogens (primary N) is 1. The highest BCUT2D eigenvalue weighted by atomic mass is 16.5. The van der Waals surface area contributed by atoms with Gasteiger partial charge < -0.3 is 20.5 Å². The summed E-state index contributed by atoms with van der Waals surface area (Å²) in [5, 5.41) is 2.85.